The smallest absolute Gasteiger partial charge is 0.274 e. The Labute approximate surface area is 160 Å². The number of amides is 1. The molecule has 144 valence electrons. The number of rotatable bonds is 7. The molecule has 0 radical (unpaired) electrons. The largest absolute Gasteiger partial charge is 0.497 e. The monoisotopic (exact) mass is 384 g/mol. The number of hydrogen-bond acceptors (Lipinski definition) is 5. The van der Waals surface area contributed by atoms with E-state index in [9.17, 15) is 13.6 Å². The molecule has 0 fully saturated rings. The maximum absolute atomic E-state index is 13.7. The topological polar surface area (TPSA) is 76.1 Å². The van der Waals surface area contributed by atoms with Crippen LogP contribution in [0.3, 0.4) is 0 Å². The fourth-order valence-electron chi connectivity index (χ4n) is 2.48. The molecule has 0 spiro atoms. The van der Waals surface area contributed by atoms with Crippen molar-refractivity contribution in [1.82, 2.24) is 9.97 Å². The lowest BCUT2D eigenvalue weighted by Gasteiger charge is -2.09. The van der Waals surface area contributed by atoms with Crippen LogP contribution in [0.4, 0.5) is 20.3 Å². The van der Waals surface area contributed by atoms with E-state index in [4.69, 9.17) is 4.74 Å². The number of nitrogens with zero attached hydrogens (tertiary/aromatic N) is 2. The van der Waals surface area contributed by atoms with Gasteiger partial charge < -0.3 is 15.4 Å². The van der Waals surface area contributed by atoms with Crippen LogP contribution in [-0.2, 0) is 6.42 Å². The number of hydrogen-bond donors (Lipinski definition) is 2. The molecule has 0 saturated heterocycles. The van der Waals surface area contributed by atoms with Gasteiger partial charge in [-0.1, -0.05) is 12.1 Å². The van der Waals surface area contributed by atoms with E-state index < -0.39 is 17.5 Å². The lowest BCUT2D eigenvalue weighted by Crippen LogP contribution is -2.16. The Morgan fingerprint density at radius 1 is 1.07 bits per heavy atom. The Morgan fingerprint density at radius 2 is 1.86 bits per heavy atom. The first-order chi connectivity index (χ1) is 13.5. The third-order valence-corrected chi connectivity index (χ3v) is 3.96. The average molecular weight is 384 g/mol. The van der Waals surface area contributed by atoms with E-state index in [-0.39, 0.29) is 11.4 Å². The number of halogens is 2. The average Bonchev–Trinajstić information content (AvgIpc) is 2.71. The van der Waals surface area contributed by atoms with Crippen molar-refractivity contribution in [2.24, 2.45) is 0 Å². The first kappa shape index (κ1) is 19.2. The van der Waals surface area contributed by atoms with Gasteiger partial charge in [0.15, 0.2) is 0 Å². The molecule has 28 heavy (non-hydrogen) atoms. The summed E-state index contributed by atoms with van der Waals surface area (Å²) < 4.78 is 31.7. The molecule has 3 rings (SSSR count). The number of benzene rings is 2. The zero-order valence-corrected chi connectivity index (χ0v) is 15.1. The summed E-state index contributed by atoms with van der Waals surface area (Å²) in [7, 11) is 1.61. The lowest BCUT2D eigenvalue weighted by molar-refractivity contribution is 0.102. The minimum Gasteiger partial charge on any atom is -0.497 e. The van der Waals surface area contributed by atoms with Gasteiger partial charge in [0, 0.05) is 18.7 Å². The number of carbonyl (C=O) groups is 1. The number of ether oxygens (including phenoxy) is 1. The van der Waals surface area contributed by atoms with Gasteiger partial charge in [0.05, 0.1) is 12.8 Å². The molecule has 1 heterocycles. The summed E-state index contributed by atoms with van der Waals surface area (Å²) in [5.74, 6) is -0.943. The Hall–Kier alpha value is -3.55. The zero-order valence-electron chi connectivity index (χ0n) is 15.1. The molecule has 0 aliphatic heterocycles. The summed E-state index contributed by atoms with van der Waals surface area (Å²) >= 11 is 0. The number of anilines is 2. The predicted octanol–water partition coefficient (Wildman–Crippen LogP) is 3.67. The fourth-order valence-corrected chi connectivity index (χ4v) is 2.48. The second-order valence-corrected chi connectivity index (χ2v) is 5.89. The summed E-state index contributed by atoms with van der Waals surface area (Å²) in [5.41, 5.74) is 1.05. The molecule has 6 nitrogen and oxygen atoms in total. The van der Waals surface area contributed by atoms with E-state index >= 15 is 0 Å². The summed E-state index contributed by atoms with van der Waals surface area (Å²) in [6.45, 7) is 0.594. The van der Waals surface area contributed by atoms with Crippen molar-refractivity contribution in [2.45, 2.75) is 6.42 Å². The summed E-state index contributed by atoms with van der Waals surface area (Å²) in [4.78, 5) is 20.2. The second kappa shape index (κ2) is 8.90. The Bertz CT molecular complexity index is 965. The molecule has 0 unspecified atom stereocenters. The highest BCUT2D eigenvalue weighted by Crippen LogP contribution is 2.16. The van der Waals surface area contributed by atoms with Gasteiger partial charge in [0.25, 0.3) is 5.91 Å². The van der Waals surface area contributed by atoms with Crippen molar-refractivity contribution in [2.75, 3.05) is 24.3 Å². The van der Waals surface area contributed by atoms with Gasteiger partial charge in [-0.2, -0.15) is 0 Å². The molecular formula is C20H18F2N4O2. The Morgan fingerprint density at radius 3 is 2.57 bits per heavy atom. The molecule has 0 saturated carbocycles. The van der Waals surface area contributed by atoms with Gasteiger partial charge in [0.2, 0.25) is 0 Å². The van der Waals surface area contributed by atoms with Crippen molar-refractivity contribution in [1.29, 1.82) is 0 Å². The van der Waals surface area contributed by atoms with Gasteiger partial charge in [-0.15, -0.1) is 0 Å². The van der Waals surface area contributed by atoms with Gasteiger partial charge in [-0.3, -0.25) is 4.79 Å². The van der Waals surface area contributed by atoms with Gasteiger partial charge in [-0.05, 0) is 36.2 Å². The summed E-state index contributed by atoms with van der Waals surface area (Å²) in [6.07, 6.45) is 1.99. The van der Waals surface area contributed by atoms with Gasteiger partial charge in [-0.25, -0.2) is 18.7 Å². The maximum Gasteiger partial charge on any atom is 0.274 e. The molecule has 0 atom stereocenters. The van der Waals surface area contributed by atoms with E-state index in [2.05, 4.69) is 20.6 Å². The quantitative estimate of drug-likeness (QED) is 0.650. The standard InChI is InChI=1S/C20H18F2N4O2/c1-28-15-5-2-13(3-6-15)8-9-23-19-11-18(24-12-25-19)20(27)26-17-7-4-14(21)10-16(17)22/h2-7,10-12H,8-9H2,1H3,(H,26,27)(H,23,24,25). The van der Waals surface area contributed by atoms with Crippen LogP contribution in [0.2, 0.25) is 0 Å². The minimum atomic E-state index is -0.861. The molecule has 8 heteroatoms. The van der Waals surface area contributed by atoms with Crippen molar-refractivity contribution >= 4 is 17.4 Å². The second-order valence-electron chi connectivity index (χ2n) is 5.89. The number of aromatic nitrogens is 2. The van der Waals surface area contributed by atoms with Crippen LogP contribution in [0, 0.1) is 11.6 Å². The summed E-state index contributed by atoms with van der Waals surface area (Å²) in [6, 6.07) is 12.1. The van der Waals surface area contributed by atoms with E-state index in [0.717, 1.165) is 29.9 Å². The molecule has 0 aliphatic rings. The third kappa shape index (κ3) is 5.00. The van der Waals surface area contributed by atoms with Crippen molar-refractivity contribution in [3.8, 4) is 5.75 Å². The van der Waals surface area contributed by atoms with Gasteiger partial charge in [0.1, 0.15) is 35.2 Å². The third-order valence-electron chi connectivity index (χ3n) is 3.96. The van der Waals surface area contributed by atoms with Crippen LogP contribution in [0.1, 0.15) is 16.1 Å². The van der Waals surface area contributed by atoms with Crippen LogP contribution < -0.4 is 15.4 Å². The number of nitrogens with one attached hydrogen (secondary N) is 2. The highest BCUT2D eigenvalue weighted by molar-refractivity contribution is 6.03. The Kier molecular flexibility index (Phi) is 6.11. The van der Waals surface area contributed by atoms with Crippen LogP contribution in [0.25, 0.3) is 0 Å². The first-order valence-electron chi connectivity index (χ1n) is 8.50. The molecule has 3 aromatic rings. The highest BCUT2D eigenvalue weighted by atomic mass is 19.1. The van der Waals surface area contributed by atoms with Crippen LogP contribution >= 0.6 is 0 Å². The zero-order chi connectivity index (χ0) is 19.9. The van der Waals surface area contributed by atoms with Gasteiger partial charge >= 0.3 is 0 Å². The molecule has 0 bridgehead atoms. The van der Waals surface area contributed by atoms with Crippen molar-refractivity contribution in [3.63, 3.8) is 0 Å². The lowest BCUT2D eigenvalue weighted by atomic mass is 10.1. The van der Waals surface area contributed by atoms with Crippen LogP contribution in [0.15, 0.2) is 54.9 Å². The molecule has 2 aromatic carbocycles. The number of carbonyl (C=O) groups excluding carboxylic acids is 1. The first-order valence-corrected chi connectivity index (χ1v) is 8.50. The minimum absolute atomic E-state index is 0.0608. The van der Waals surface area contributed by atoms with E-state index in [1.165, 1.54) is 12.4 Å². The van der Waals surface area contributed by atoms with E-state index in [1.807, 2.05) is 24.3 Å². The fraction of sp³-hybridized carbons (Fsp3) is 0.150. The van der Waals surface area contributed by atoms with E-state index in [0.29, 0.717) is 18.4 Å². The predicted molar refractivity (Wildman–Crippen MR) is 102 cm³/mol. The molecule has 1 amide bonds. The summed E-state index contributed by atoms with van der Waals surface area (Å²) in [5, 5.41) is 5.48. The van der Waals surface area contributed by atoms with E-state index in [1.54, 1.807) is 7.11 Å². The Balaban J connectivity index is 1.58. The molecule has 2 N–H and O–H groups in total. The normalized spacial score (nSPS) is 10.4. The van der Waals surface area contributed by atoms with Crippen LogP contribution in [0.5, 0.6) is 5.75 Å². The molecular weight excluding hydrogens is 366 g/mol. The van der Waals surface area contributed by atoms with Crippen molar-refractivity contribution < 1.29 is 18.3 Å². The SMILES string of the molecule is COc1ccc(CCNc2cc(C(=O)Nc3ccc(F)cc3F)ncn2)cc1. The van der Waals surface area contributed by atoms with Crippen molar-refractivity contribution in [3.05, 3.63) is 77.8 Å². The van der Waals surface area contributed by atoms with Crippen LogP contribution in [-0.4, -0.2) is 29.5 Å². The molecule has 1 aromatic heterocycles. The molecule has 0 aliphatic carbocycles. The maximum atomic E-state index is 13.7. The number of methoxy groups -OCH3 is 1. The highest BCUT2D eigenvalue weighted by Gasteiger charge is 2.12.